The van der Waals surface area contributed by atoms with Crippen LogP contribution in [0.25, 0.3) is 0 Å². The van der Waals surface area contributed by atoms with Crippen LogP contribution in [0.5, 0.6) is 11.5 Å². The maximum absolute atomic E-state index is 13.0. The molecular formula is C24H31N3O6S. The van der Waals surface area contributed by atoms with Crippen molar-refractivity contribution < 1.29 is 27.5 Å². The van der Waals surface area contributed by atoms with E-state index in [1.54, 1.807) is 26.2 Å². The van der Waals surface area contributed by atoms with Crippen LogP contribution in [0.3, 0.4) is 0 Å². The number of methoxy groups -OCH3 is 2. The van der Waals surface area contributed by atoms with Crippen LogP contribution in [0.4, 0.5) is 0 Å². The van der Waals surface area contributed by atoms with Gasteiger partial charge >= 0.3 is 0 Å². The van der Waals surface area contributed by atoms with Crippen molar-refractivity contribution in [3.63, 3.8) is 0 Å². The normalized spacial score (nSPS) is 17.4. The topological polar surface area (TPSA) is 114 Å². The van der Waals surface area contributed by atoms with E-state index < -0.39 is 22.0 Å². The Kier molecular flexibility index (Phi) is 8.51. The first-order valence-electron chi connectivity index (χ1n) is 11.1. The highest BCUT2D eigenvalue weighted by molar-refractivity contribution is 7.89. The Hall–Kier alpha value is -3.11. The van der Waals surface area contributed by atoms with Crippen molar-refractivity contribution in [1.82, 2.24) is 14.9 Å². The molecule has 2 aromatic carbocycles. The third kappa shape index (κ3) is 6.27. The molecule has 0 aliphatic carbocycles. The van der Waals surface area contributed by atoms with Gasteiger partial charge in [-0.2, -0.15) is 4.31 Å². The van der Waals surface area contributed by atoms with Crippen molar-refractivity contribution in [2.75, 3.05) is 27.3 Å². The van der Waals surface area contributed by atoms with Crippen LogP contribution in [0.1, 0.15) is 25.3 Å². The first-order chi connectivity index (χ1) is 16.2. The molecule has 0 bridgehead atoms. The van der Waals surface area contributed by atoms with Gasteiger partial charge in [-0.25, -0.2) is 8.42 Å². The van der Waals surface area contributed by atoms with E-state index in [4.69, 9.17) is 9.47 Å². The number of ether oxygens (including phenoxy) is 2. The van der Waals surface area contributed by atoms with Gasteiger partial charge in [0.15, 0.2) is 0 Å². The summed E-state index contributed by atoms with van der Waals surface area (Å²) in [5, 5.41) is 5.52. The van der Waals surface area contributed by atoms with E-state index in [9.17, 15) is 18.0 Å². The summed E-state index contributed by atoms with van der Waals surface area (Å²) in [7, 11) is -0.650. The summed E-state index contributed by atoms with van der Waals surface area (Å²) in [6, 6.07) is 12.7. The highest BCUT2D eigenvalue weighted by atomic mass is 32.2. The fourth-order valence-corrected chi connectivity index (χ4v) is 5.32. The zero-order chi connectivity index (χ0) is 24.7. The Bertz CT molecular complexity index is 1100. The Balaban J connectivity index is 1.55. The number of carbonyl (C=O) groups is 2. The van der Waals surface area contributed by atoms with Crippen LogP contribution in [0.15, 0.2) is 53.4 Å². The smallest absolute Gasteiger partial charge is 0.243 e. The summed E-state index contributed by atoms with van der Waals surface area (Å²) in [6.45, 7) is 2.31. The maximum atomic E-state index is 13.0. The molecule has 0 saturated carbocycles. The molecule has 0 radical (unpaired) electrons. The lowest BCUT2D eigenvalue weighted by atomic mass is 9.98. The molecule has 1 saturated heterocycles. The number of hydrogen-bond acceptors (Lipinski definition) is 6. The quantitative estimate of drug-likeness (QED) is 0.556. The lowest BCUT2D eigenvalue weighted by Crippen LogP contribution is -2.50. The molecule has 1 heterocycles. The second-order valence-corrected chi connectivity index (χ2v) is 10.1. The van der Waals surface area contributed by atoms with Gasteiger partial charge in [0.05, 0.1) is 25.0 Å². The van der Waals surface area contributed by atoms with Crippen LogP contribution in [0, 0.1) is 5.92 Å². The van der Waals surface area contributed by atoms with Crippen LogP contribution in [-0.4, -0.2) is 57.9 Å². The summed E-state index contributed by atoms with van der Waals surface area (Å²) in [6.07, 6.45) is 1.11. The molecule has 2 amide bonds. The number of piperidine rings is 1. The van der Waals surface area contributed by atoms with Gasteiger partial charge < -0.3 is 20.1 Å². The lowest BCUT2D eigenvalue weighted by molar-refractivity contribution is -0.131. The number of amides is 2. The average molecular weight is 490 g/mol. The minimum atomic E-state index is -3.74. The first-order valence-corrected chi connectivity index (χ1v) is 12.5. The molecule has 9 nitrogen and oxygen atoms in total. The standard InChI is InChI=1S/C24H31N3O6S/c1-17(23(28)25-15-18-6-4-8-21(14-18)33-3)26-24(29)19-7-5-13-27(16-19)34(30,31)22-11-9-20(32-2)10-12-22/h4,6,8-12,14,17,19H,5,7,13,15-16H2,1-3H3,(H,25,28)(H,26,29). The van der Waals surface area contributed by atoms with Crippen LogP contribution < -0.4 is 20.1 Å². The van der Waals surface area contributed by atoms with Gasteiger partial charge in [-0.1, -0.05) is 12.1 Å². The van der Waals surface area contributed by atoms with E-state index in [-0.39, 0.29) is 23.3 Å². The second kappa shape index (κ2) is 11.3. The third-order valence-electron chi connectivity index (χ3n) is 5.81. The van der Waals surface area contributed by atoms with Crippen LogP contribution in [-0.2, 0) is 26.2 Å². The van der Waals surface area contributed by atoms with Crippen molar-refractivity contribution in [2.45, 2.75) is 37.2 Å². The zero-order valence-corrected chi connectivity index (χ0v) is 20.4. The monoisotopic (exact) mass is 489 g/mol. The predicted molar refractivity (Wildman–Crippen MR) is 127 cm³/mol. The van der Waals surface area contributed by atoms with Crippen molar-refractivity contribution in [1.29, 1.82) is 0 Å². The molecule has 2 N–H and O–H groups in total. The summed E-state index contributed by atoms with van der Waals surface area (Å²) < 4.78 is 37.7. The maximum Gasteiger partial charge on any atom is 0.243 e. The van der Waals surface area contributed by atoms with Gasteiger partial charge in [-0.15, -0.1) is 0 Å². The molecule has 10 heteroatoms. The molecule has 0 aromatic heterocycles. The van der Waals surface area contributed by atoms with Crippen molar-refractivity contribution in [2.24, 2.45) is 5.92 Å². The molecular weight excluding hydrogens is 458 g/mol. The molecule has 2 atom stereocenters. The number of carbonyl (C=O) groups excluding carboxylic acids is 2. The molecule has 1 aliphatic rings. The fraction of sp³-hybridized carbons (Fsp3) is 0.417. The SMILES string of the molecule is COc1ccc(S(=O)(=O)N2CCCC(C(=O)NC(C)C(=O)NCc3cccc(OC)c3)C2)cc1. The van der Waals surface area contributed by atoms with Gasteiger partial charge in [0.25, 0.3) is 0 Å². The van der Waals surface area contributed by atoms with Gasteiger partial charge in [-0.3, -0.25) is 9.59 Å². The van der Waals surface area contributed by atoms with Crippen molar-refractivity contribution >= 4 is 21.8 Å². The van der Waals surface area contributed by atoms with E-state index in [0.717, 1.165) is 5.56 Å². The van der Waals surface area contributed by atoms with E-state index >= 15 is 0 Å². The summed E-state index contributed by atoms with van der Waals surface area (Å²) >= 11 is 0. The average Bonchev–Trinajstić information content (AvgIpc) is 2.87. The summed E-state index contributed by atoms with van der Waals surface area (Å²) in [5.41, 5.74) is 0.873. The second-order valence-electron chi connectivity index (χ2n) is 8.18. The fourth-order valence-electron chi connectivity index (χ4n) is 3.79. The Morgan fingerprint density at radius 1 is 1.09 bits per heavy atom. The Labute approximate surface area is 200 Å². The summed E-state index contributed by atoms with van der Waals surface area (Å²) in [4.78, 5) is 25.4. The summed E-state index contributed by atoms with van der Waals surface area (Å²) in [5.74, 6) is 0.0665. The molecule has 2 aromatic rings. The number of hydrogen-bond donors (Lipinski definition) is 2. The first kappa shape index (κ1) is 25.5. The molecule has 0 spiro atoms. The van der Waals surface area contributed by atoms with Gasteiger partial charge in [-0.05, 0) is 61.7 Å². The van der Waals surface area contributed by atoms with Crippen molar-refractivity contribution in [3.05, 3.63) is 54.1 Å². The number of benzene rings is 2. The third-order valence-corrected chi connectivity index (χ3v) is 7.68. The van der Waals surface area contributed by atoms with E-state index in [0.29, 0.717) is 37.4 Å². The zero-order valence-electron chi connectivity index (χ0n) is 19.6. The molecule has 184 valence electrons. The molecule has 2 unspecified atom stereocenters. The highest BCUT2D eigenvalue weighted by Gasteiger charge is 2.34. The lowest BCUT2D eigenvalue weighted by Gasteiger charge is -2.31. The van der Waals surface area contributed by atoms with E-state index in [2.05, 4.69) is 10.6 Å². The van der Waals surface area contributed by atoms with Gasteiger partial charge in [0.2, 0.25) is 21.8 Å². The molecule has 1 aliphatic heterocycles. The van der Waals surface area contributed by atoms with E-state index in [1.165, 1.54) is 23.5 Å². The minimum absolute atomic E-state index is 0.0678. The predicted octanol–water partition coefficient (Wildman–Crippen LogP) is 1.93. The van der Waals surface area contributed by atoms with Gasteiger partial charge in [0, 0.05) is 19.6 Å². The molecule has 1 fully saturated rings. The Morgan fingerprint density at radius 2 is 1.79 bits per heavy atom. The van der Waals surface area contributed by atoms with Crippen molar-refractivity contribution in [3.8, 4) is 11.5 Å². The number of sulfonamides is 1. The number of nitrogens with one attached hydrogen (secondary N) is 2. The van der Waals surface area contributed by atoms with E-state index in [1.807, 2.05) is 24.3 Å². The van der Waals surface area contributed by atoms with Crippen LogP contribution in [0.2, 0.25) is 0 Å². The van der Waals surface area contributed by atoms with Gasteiger partial charge in [0.1, 0.15) is 17.5 Å². The highest BCUT2D eigenvalue weighted by Crippen LogP contribution is 2.25. The molecule has 3 rings (SSSR count). The van der Waals surface area contributed by atoms with Crippen LogP contribution >= 0.6 is 0 Å². The largest absolute Gasteiger partial charge is 0.497 e. The minimum Gasteiger partial charge on any atom is -0.497 e. The Morgan fingerprint density at radius 3 is 2.47 bits per heavy atom. The number of nitrogens with zero attached hydrogens (tertiary/aromatic N) is 1. The molecule has 34 heavy (non-hydrogen) atoms. The number of rotatable bonds is 9.